The second-order valence-electron chi connectivity index (χ2n) is 7.89. The lowest BCUT2D eigenvalue weighted by atomic mass is 9.81. The van der Waals surface area contributed by atoms with Gasteiger partial charge in [0.2, 0.25) is 5.96 Å². The fourth-order valence-electron chi connectivity index (χ4n) is 1.97. The van der Waals surface area contributed by atoms with Gasteiger partial charge in [0.05, 0.1) is 12.0 Å². The first-order chi connectivity index (χ1) is 11.2. The molecule has 25 heavy (non-hydrogen) atoms. The summed E-state index contributed by atoms with van der Waals surface area (Å²) in [7, 11) is 0. The third kappa shape index (κ3) is 8.37. The molecule has 2 amide bonds. The minimum atomic E-state index is -0.881. The first-order valence-electron chi connectivity index (χ1n) is 8.06. The predicted molar refractivity (Wildman–Crippen MR) is 90.3 cm³/mol. The summed E-state index contributed by atoms with van der Waals surface area (Å²) in [6, 6.07) is -0.305. The van der Waals surface area contributed by atoms with E-state index in [4.69, 9.17) is 14.6 Å². The van der Waals surface area contributed by atoms with Gasteiger partial charge >= 0.3 is 18.2 Å². The molecule has 1 rings (SSSR count). The smallest absolute Gasteiger partial charge is 0.414 e. The summed E-state index contributed by atoms with van der Waals surface area (Å²) in [4.78, 5) is 38.8. The Morgan fingerprint density at radius 1 is 0.920 bits per heavy atom. The molecule has 0 aromatic heterocycles. The van der Waals surface area contributed by atoms with Crippen molar-refractivity contribution in [3.8, 4) is 0 Å². The second-order valence-corrected chi connectivity index (χ2v) is 7.89. The van der Waals surface area contributed by atoms with Gasteiger partial charge in [0.15, 0.2) is 0 Å². The molecule has 0 aromatic carbocycles. The molecule has 0 aliphatic heterocycles. The number of nitrogens with zero attached hydrogens (tertiary/aromatic N) is 1. The topological polar surface area (TPSA) is 126 Å². The van der Waals surface area contributed by atoms with Crippen molar-refractivity contribution in [2.75, 3.05) is 0 Å². The van der Waals surface area contributed by atoms with Gasteiger partial charge in [-0.1, -0.05) is 0 Å². The van der Waals surface area contributed by atoms with Gasteiger partial charge in [-0.15, -0.1) is 0 Å². The van der Waals surface area contributed by atoms with Crippen LogP contribution in [0, 0.1) is 5.92 Å². The highest BCUT2D eigenvalue weighted by molar-refractivity contribution is 6.01. The van der Waals surface area contributed by atoms with Crippen LogP contribution in [0.25, 0.3) is 0 Å². The fourth-order valence-corrected chi connectivity index (χ4v) is 1.97. The standard InChI is InChI=1S/C16H27N3O6/c1-15(2,3)24-13(22)18-12(19-14(23)25-16(4,5)6)17-10-7-9(8-10)11(20)21/h9-10H,7-8H2,1-6H3,(H,20,21)(H2,17,18,19,22,23). The van der Waals surface area contributed by atoms with Gasteiger partial charge in [0.1, 0.15) is 11.2 Å². The van der Waals surface area contributed by atoms with Crippen molar-refractivity contribution in [3.63, 3.8) is 0 Å². The molecule has 9 nitrogen and oxygen atoms in total. The van der Waals surface area contributed by atoms with Crippen molar-refractivity contribution in [2.45, 2.75) is 71.6 Å². The van der Waals surface area contributed by atoms with E-state index in [2.05, 4.69) is 15.6 Å². The van der Waals surface area contributed by atoms with Gasteiger partial charge in [-0.25, -0.2) is 14.6 Å². The molecule has 142 valence electrons. The highest BCUT2D eigenvalue weighted by atomic mass is 16.6. The summed E-state index contributed by atoms with van der Waals surface area (Å²) < 4.78 is 10.3. The molecule has 1 saturated carbocycles. The first kappa shape index (κ1) is 20.7. The van der Waals surface area contributed by atoms with Crippen molar-refractivity contribution >= 4 is 24.1 Å². The van der Waals surface area contributed by atoms with E-state index < -0.39 is 35.3 Å². The maximum Gasteiger partial charge on any atom is 0.414 e. The van der Waals surface area contributed by atoms with E-state index in [-0.39, 0.29) is 12.0 Å². The van der Waals surface area contributed by atoms with E-state index in [0.29, 0.717) is 12.8 Å². The molecule has 0 saturated heterocycles. The number of hydrogen-bond acceptors (Lipinski definition) is 6. The number of guanidine groups is 1. The number of nitrogens with one attached hydrogen (secondary N) is 2. The molecule has 9 heteroatoms. The first-order valence-corrected chi connectivity index (χ1v) is 8.06. The summed E-state index contributed by atoms with van der Waals surface area (Å²) in [6.07, 6.45) is -0.886. The number of rotatable bonds is 2. The van der Waals surface area contributed by atoms with Gasteiger partial charge in [0, 0.05) is 0 Å². The van der Waals surface area contributed by atoms with Crippen LogP contribution in [0.5, 0.6) is 0 Å². The highest BCUT2D eigenvalue weighted by Crippen LogP contribution is 2.30. The van der Waals surface area contributed by atoms with Gasteiger partial charge in [-0.3, -0.25) is 15.4 Å². The molecule has 0 unspecified atom stereocenters. The van der Waals surface area contributed by atoms with Crippen LogP contribution in [-0.4, -0.2) is 46.5 Å². The Morgan fingerprint density at radius 2 is 1.32 bits per heavy atom. The Balaban J connectivity index is 2.75. The number of aliphatic imine (C=N–C) groups is 1. The lowest BCUT2D eigenvalue weighted by molar-refractivity contribution is -0.145. The lowest BCUT2D eigenvalue weighted by Gasteiger charge is -2.30. The van der Waals surface area contributed by atoms with Crippen molar-refractivity contribution in [2.24, 2.45) is 10.9 Å². The molecule has 0 spiro atoms. The fraction of sp³-hybridized carbons (Fsp3) is 0.750. The number of carboxylic acids is 1. The molecule has 3 N–H and O–H groups in total. The number of carbonyl (C=O) groups is 3. The number of aliphatic carboxylic acids is 1. The van der Waals surface area contributed by atoms with Crippen molar-refractivity contribution in [1.29, 1.82) is 0 Å². The molecule has 1 aliphatic rings. The van der Waals surface area contributed by atoms with Gasteiger partial charge < -0.3 is 14.6 Å². The van der Waals surface area contributed by atoms with Crippen molar-refractivity contribution in [1.82, 2.24) is 10.6 Å². The largest absolute Gasteiger partial charge is 0.481 e. The second kappa shape index (κ2) is 7.71. The number of carboxylic acid groups (broad SMARTS) is 1. The van der Waals surface area contributed by atoms with Crippen LogP contribution in [0.3, 0.4) is 0 Å². The Hall–Kier alpha value is -2.32. The Morgan fingerprint density at radius 3 is 1.64 bits per heavy atom. The average molecular weight is 357 g/mol. The summed E-state index contributed by atoms with van der Waals surface area (Å²) in [5.41, 5.74) is -1.43. The minimum absolute atomic E-state index is 0.127. The monoisotopic (exact) mass is 357 g/mol. The number of ether oxygens (including phenoxy) is 2. The van der Waals surface area contributed by atoms with Crippen molar-refractivity contribution in [3.05, 3.63) is 0 Å². The molecule has 0 heterocycles. The maximum absolute atomic E-state index is 11.9. The van der Waals surface area contributed by atoms with Crippen LogP contribution >= 0.6 is 0 Å². The Kier molecular flexibility index (Phi) is 6.39. The third-order valence-corrected chi connectivity index (χ3v) is 3.01. The Labute approximate surface area is 147 Å². The predicted octanol–water partition coefficient (Wildman–Crippen LogP) is 2.25. The van der Waals surface area contributed by atoms with Crippen LogP contribution in [0.2, 0.25) is 0 Å². The normalized spacial score (nSPS) is 19.9. The SMILES string of the molecule is CC(C)(C)OC(=O)NC(=NC1CC(C(=O)O)C1)NC(=O)OC(C)(C)C. The molecule has 0 bridgehead atoms. The number of hydrogen-bond donors (Lipinski definition) is 3. The lowest BCUT2D eigenvalue weighted by Crippen LogP contribution is -2.48. The summed E-state index contributed by atoms with van der Waals surface area (Å²) in [6.45, 7) is 10.2. The number of amides is 2. The van der Waals surface area contributed by atoms with E-state index in [1.54, 1.807) is 41.5 Å². The van der Waals surface area contributed by atoms with Gasteiger partial charge in [-0.05, 0) is 54.4 Å². The zero-order chi connectivity index (χ0) is 19.4. The maximum atomic E-state index is 11.9. The number of carbonyl (C=O) groups excluding carboxylic acids is 2. The molecular formula is C16H27N3O6. The molecule has 1 fully saturated rings. The summed E-state index contributed by atoms with van der Waals surface area (Å²) >= 11 is 0. The van der Waals surface area contributed by atoms with Gasteiger partial charge in [0.25, 0.3) is 0 Å². The van der Waals surface area contributed by atoms with E-state index >= 15 is 0 Å². The van der Waals surface area contributed by atoms with Crippen molar-refractivity contribution < 1.29 is 29.0 Å². The summed E-state index contributed by atoms with van der Waals surface area (Å²) in [5.74, 6) is -1.47. The van der Waals surface area contributed by atoms with E-state index in [0.717, 1.165) is 0 Å². The molecule has 0 radical (unpaired) electrons. The van der Waals surface area contributed by atoms with Crippen LogP contribution in [0.4, 0.5) is 9.59 Å². The van der Waals surface area contributed by atoms with E-state index in [1.165, 1.54) is 0 Å². The quantitative estimate of drug-likeness (QED) is 0.514. The third-order valence-electron chi connectivity index (χ3n) is 3.01. The van der Waals surface area contributed by atoms with Crippen LogP contribution in [-0.2, 0) is 14.3 Å². The highest BCUT2D eigenvalue weighted by Gasteiger charge is 2.35. The van der Waals surface area contributed by atoms with Gasteiger partial charge in [-0.2, -0.15) is 0 Å². The zero-order valence-corrected chi connectivity index (χ0v) is 15.5. The molecule has 0 aromatic rings. The minimum Gasteiger partial charge on any atom is -0.481 e. The Bertz CT molecular complexity index is 521. The molecule has 1 aliphatic carbocycles. The summed E-state index contributed by atoms with van der Waals surface area (Å²) in [5, 5.41) is 13.6. The van der Waals surface area contributed by atoms with Crippen LogP contribution in [0.1, 0.15) is 54.4 Å². The van der Waals surface area contributed by atoms with Crippen LogP contribution in [0.15, 0.2) is 4.99 Å². The van der Waals surface area contributed by atoms with Crippen LogP contribution < -0.4 is 10.6 Å². The van der Waals surface area contributed by atoms with E-state index in [1.807, 2.05) is 0 Å². The number of alkyl carbamates (subject to hydrolysis) is 2. The molecule has 0 atom stereocenters. The molecular weight excluding hydrogens is 330 g/mol. The zero-order valence-electron chi connectivity index (χ0n) is 15.5. The average Bonchev–Trinajstić information content (AvgIpc) is 2.26. The van der Waals surface area contributed by atoms with E-state index in [9.17, 15) is 14.4 Å².